The number of hydrogen-bond donors (Lipinski definition) is 1. The highest BCUT2D eigenvalue weighted by Gasteiger charge is 2.43. The highest BCUT2D eigenvalue weighted by molar-refractivity contribution is 5.01. The fourth-order valence-electron chi connectivity index (χ4n) is 3.02. The monoisotopic (exact) mass is 196 g/mol. The summed E-state index contributed by atoms with van der Waals surface area (Å²) in [5, 5.41) is 3.69. The first-order chi connectivity index (χ1) is 6.77. The van der Waals surface area contributed by atoms with Crippen LogP contribution in [-0.4, -0.2) is 36.1 Å². The van der Waals surface area contributed by atoms with Crippen LogP contribution in [0, 0.1) is 0 Å². The van der Waals surface area contributed by atoms with E-state index >= 15 is 0 Å². The summed E-state index contributed by atoms with van der Waals surface area (Å²) in [6.45, 7) is 8.48. The van der Waals surface area contributed by atoms with Gasteiger partial charge in [0.05, 0.1) is 0 Å². The van der Waals surface area contributed by atoms with Gasteiger partial charge >= 0.3 is 0 Å². The van der Waals surface area contributed by atoms with Gasteiger partial charge in [-0.3, -0.25) is 4.90 Å². The number of nitrogens with zero attached hydrogens (tertiary/aromatic N) is 1. The van der Waals surface area contributed by atoms with Crippen LogP contribution in [-0.2, 0) is 0 Å². The zero-order valence-electron chi connectivity index (χ0n) is 9.68. The lowest BCUT2D eigenvalue weighted by Crippen LogP contribution is -2.48. The van der Waals surface area contributed by atoms with Crippen molar-refractivity contribution in [1.82, 2.24) is 10.2 Å². The van der Waals surface area contributed by atoms with Crippen LogP contribution in [0.15, 0.2) is 0 Å². The van der Waals surface area contributed by atoms with Gasteiger partial charge in [-0.1, -0.05) is 6.92 Å². The van der Waals surface area contributed by atoms with Crippen molar-refractivity contribution in [2.75, 3.05) is 19.6 Å². The Kier molecular flexibility index (Phi) is 3.13. The van der Waals surface area contributed by atoms with E-state index in [0.29, 0.717) is 11.6 Å². The van der Waals surface area contributed by atoms with Gasteiger partial charge in [-0.25, -0.2) is 0 Å². The third-order valence-corrected chi connectivity index (χ3v) is 4.20. The molecule has 0 aromatic heterocycles. The Balaban J connectivity index is 1.88. The molecule has 0 radical (unpaired) electrons. The van der Waals surface area contributed by atoms with Gasteiger partial charge in [-0.2, -0.15) is 0 Å². The molecule has 0 aromatic rings. The molecule has 1 atom stereocenters. The Bertz CT molecular complexity index is 181. The van der Waals surface area contributed by atoms with E-state index in [1.165, 1.54) is 51.7 Å². The van der Waals surface area contributed by atoms with E-state index in [-0.39, 0.29) is 0 Å². The molecule has 2 rings (SSSR count). The molecule has 2 nitrogen and oxygen atoms in total. The normalized spacial score (nSPS) is 27.9. The fourth-order valence-corrected chi connectivity index (χ4v) is 3.02. The predicted molar refractivity (Wildman–Crippen MR) is 60.5 cm³/mol. The van der Waals surface area contributed by atoms with Gasteiger partial charge in [0.1, 0.15) is 0 Å². The van der Waals surface area contributed by atoms with Crippen molar-refractivity contribution in [2.24, 2.45) is 0 Å². The molecule has 2 aliphatic rings. The van der Waals surface area contributed by atoms with Gasteiger partial charge in [-0.05, 0) is 52.1 Å². The second-order valence-corrected chi connectivity index (χ2v) is 5.11. The minimum absolute atomic E-state index is 0.559. The Morgan fingerprint density at radius 3 is 2.50 bits per heavy atom. The van der Waals surface area contributed by atoms with Crippen LogP contribution in [0.1, 0.15) is 46.0 Å². The topological polar surface area (TPSA) is 15.3 Å². The van der Waals surface area contributed by atoms with Crippen LogP contribution >= 0.6 is 0 Å². The number of fused-ring (bicyclic) bond motifs is 1. The van der Waals surface area contributed by atoms with Gasteiger partial charge in [0.15, 0.2) is 0 Å². The van der Waals surface area contributed by atoms with Gasteiger partial charge in [0.25, 0.3) is 0 Å². The minimum atomic E-state index is 0.559. The average Bonchev–Trinajstić information content (AvgIpc) is 2.72. The van der Waals surface area contributed by atoms with Crippen molar-refractivity contribution in [3.05, 3.63) is 0 Å². The zero-order chi connectivity index (χ0) is 10.0. The van der Waals surface area contributed by atoms with E-state index < -0.39 is 0 Å². The SMILES string of the molecule is CCC(C)NCC12CCCN1CCC2. The molecule has 2 fully saturated rings. The average molecular weight is 196 g/mol. The van der Waals surface area contributed by atoms with Gasteiger partial charge in [0.2, 0.25) is 0 Å². The Labute approximate surface area is 88.1 Å². The molecule has 2 saturated heterocycles. The third-order valence-electron chi connectivity index (χ3n) is 4.20. The minimum Gasteiger partial charge on any atom is -0.312 e. The number of nitrogens with one attached hydrogen (secondary N) is 1. The zero-order valence-corrected chi connectivity index (χ0v) is 9.68. The highest BCUT2D eigenvalue weighted by atomic mass is 15.3. The van der Waals surface area contributed by atoms with Crippen molar-refractivity contribution in [2.45, 2.75) is 57.5 Å². The van der Waals surface area contributed by atoms with E-state index in [1.54, 1.807) is 0 Å². The smallest absolute Gasteiger partial charge is 0.0335 e. The molecule has 14 heavy (non-hydrogen) atoms. The molecule has 1 unspecified atom stereocenters. The van der Waals surface area contributed by atoms with Crippen molar-refractivity contribution >= 4 is 0 Å². The van der Waals surface area contributed by atoms with Crippen molar-refractivity contribution in [3.8, 4) is 0 Å². The molecule has 2 aliphatic heterocycles. The van der Waals surface area contributed by atoms with Crippen molar-refractivity contribution in [3.63, 3.8) is 0 Å². The standard InChI is InChI=1S/C12H24N2/c1-3-11(2)13-10-12-6-4-8-14(12)9-5-7-12/h11,13H,3-10H2,1-2H3. The summed E-state index contributed by atoms with van der Waals surface area (Å²) >= 11 is 0. The van der Waals surface area contributed by atoms with Gasteiger partial charge in [-0.15, -0.1) is 0 Å². The molecule has 2 heteroatoms. The molecule has 1 N–H and O–H groups in total. The van der Waals surface area contributed by atoms with Crippen molar-refractivity contribution < 1.29 is 0 Å². The van der Waals surface area contributed by atoms with E-state index in [0.717, 1.165) is 0 Å². The first-order valence-electron chi connectivity index (χ1n) is 6.25. The van der Waals surface area contributed by atoms with Crippen LogP contribution in [0.4, 0.5) is 0 Å². The molecule has 0 spiro atoms. The second-order valence-electron chi connectivity index (χ2n) is 5.11. The van der Waals surface area contributed by atoms with Crippen LogP contribution in [0.2, 0.25) is 0 Å². The summed E-state index contributed by atoms with van der Waals surface area (Å²) in [5.41, 5.74) is 0.559. The summed E-state index contributed by atoms with van der Waals surface area (Å²) in [5.74, 6) is 0. The maximum atomic E-state index is 3.69. The lowest BCUT2D eigenvalue weighted by molar-refractivity contribution is 0.185. The Hall–Kier alpha value is -0.0800. The van der Waals surface area contributed by atoms with Crippen LogP contribution in [0.3, 0.4) is 0 Å². The summed E-state index contributed by atoms with van der Waals surface area (Å²) in [7, 11) is 0. The van der Waals surface area contributed by atoms with E-state index in [1.807, 2.05) is 0 Å². The first kappa shape index (κ1) is 10.4. The maximum Gasteiger partial charge on any atom is 0.0335 e. The molecule has 82 valence electrons. The lowest BCUT2D eigenvalue weighted by atomic mass is 9.93. The fraction of sp³-hybridized carbons (Fsp3) is 1.00. The molecule has 0 aliphatic carbocycles. The molecular weight excluding hydrogens is 172 g/mol. The maximum absolute atomic E-state index is 3.69. The Morgan fingerprint density at radius 1 is 1.29 bits per heavy atom. The van der Waals surface area contributed by atoms with E-state index in [2.05, 4.69) is 24.1 Å². The molecule has 0 bridgehead atoms. The van der Waals surface area contributed by atoms with Crippen LogP contribution < -0.4 is 5.32 Å². The summed E-state index contributed by atoms with van der Waals surface area (Å²) in [6, 6.07) is 0.687. The largest absolute Gasteiger partial charge is 0.312 e. The molecule has 0 saturated carbocycles. The number of hydrogen-bond acceptors (Lipinski definition) is 2. The summed E-state index contributed by atoms with van der Waals surface area (Å²) in [6.07, 6.45) is 6.94. The first-order valence-corrected chi connectivity index (χ1v) is 6.25. The predicted octanol–water partition coefficient (Wildman–Crippen LogP) is 2.00. The summed E-state index contributed by atoms with van der Waals surface area (Å²) < 4.78 is 0. The third kappa shape index (κ3) is 1.82. The molecule has 2 heterocycles. The second kappa shape index (κ2) is 4.19. The van der Waals surface area contributed by atoms with Crippen molar-refractivity contribution in [1.29, 1.82) is 0 Å². The quantitative estimate of drug-likeness (QED) is 0.740. The van der Waals surface area contributed by atoms with Gasteiger partial charge in [0, 0.05) is 18.1 Å². The van der Waals surface area contributed by atoms with Crippen LogP contribution in [0.25, 0.3) is 0 Å². The van der Waals surface area contributed by atoms with E-state index in [9.17, 15) is 0 Å². The van der Waals surface area contributed by atoms with Crippen LogP contribution in [0.5, 0.6) is 0 Å². The highest BCUT2D eigenvalue weighted by Crippen LogP contribution is 2.38. The molecule has 0 aromatic carbocycles. The van der Waals surface area contributed by atoms with E-state index in [4.69, 9.17) is 0 Å². The summed E-state index contributed by atoms with van der Waals surface area (Å²) in [4.78, 5) is 2.72. The number of rotatable bonds is 4. The Morgan fingerprint density at radius 2 is 1.93 bits per heavy atom. The van der Waals surface area contributed by atoms with Gasteiger partial charge < -0.3 is 5.32 Å². The lowest BCUT2D eigenvalue weighted by Gasteiger charge is -2.33. The molecular formula is C12H24N2. The molecule has 0 amide bonds.